The van der Waals surface area contributed by atoms with Gasteiger partial charge in [0.25, 0.3) is 0 Å². The second-order valence-electron chi connectivity index (χ2n) is 3.69. The Hall–Kier alpha value is -1.36. The van der Waals surface area contributed by atoms with Crippen LogP contribution in [0.5, 0.6) is 0 Å². The summed E-state index contributed by atoms with van der Waals surface area (Å²) in [6.45, 7) is 3.44. The van der Waals surface area contributed by atoms with Gasteiger partial charge in [0.05, 0.1) is 5.02 Å². The Morgan fingerprint density at radius 1 is 1.62 bits per heavy atom. The van der Waals surface area contributed by atoms with E-state index in [4.69, 9.17) is 16.7 Å². The van der Waals surface area contributed by atoms with Crippen LogP contribution < -0.4 is 5.32 Å². The van der Waals surface area contributed by atoms with E-state index in [1.54, 1.807) is 13.8 Å². The molecule has 0 aromatic carbocycles. The summed E-state index contributed by atoms with van der Waals surface area (Å²) >= 11 is 5.53. The van der Waals surface area contributed by atoms with Crippen LogP contribution in [-0.4, -0.2) is 22.1 Å². The molecule has 1 rings (SSSR count). The molecule has 0 bridgehead atoms. The number of aliphatic carboxylic acids is 1. The van der Waals surface area contributed by atoms with E-state index in [0.717, 1.165) is 6.07 Å². The fourth-order valence-electron chi connectivity index (χ4n) is 1.18. The number of halogens is 2. The molecule has 0 unspecified atom stereocenters. The van der Waals surface area contributed by atoms with Crippen LogP contribution >= 0.6 is 11.6 Å². The lowest BCUT2D eigenvalue weighted by Crippen LogP contribution is -2.34. The number of carbonyl (C=O) groups is 1. The zero-order chi connectivity index (χ0) is 12.3. The normalized spacial score (nSPS) is 12.6. The van der Waals surface area contributed by atoms with Crippen LogP contribution in [0.3, 0.4) is 0 Å². The van der Waals surface area contributed by atoms with Crippen LogP contribution in [0, 0.1) is 11.7 Å². The minimum atomic E-state index is -1.05. The third kappa shape index (κ3) is 3.06. The highest BCUT2D eigenvalue weighted by Gasteiger charge is 2.22. The minimum absolute atomic E-state index is 0.106. The molecule has 0 saturated carbocycles. The van der Waals surface area contributed by atoms with Gasteiger partial charge in [0.2, 0.25) is 0 Å². The van der Waals surface area contributed by atoms with Crippen molar-refractivity contribution < 1.29 is 14.3 Å². The maximum atomic E-state index is 13.3. The Bertz CT molecular complexity index is 398. The van der Waals surface area contributed by atoms with Crippen LogP contribution in [0.25, 0.3) is 0 Å². The molecular weight excluding hydrogens is 235 g/mol. The molecule has 0 saturated heterocycles. The maximum Gasteiger partial charge on any atom is 0.326 e. The minimum Gasteiger partial charge on any atom is -0.480 e. The van der Waals surface area contributed by atoms with Gasteiger partial charge in [0, 0.05) is 6.20 Å². The first-order chi connectivity index (χ1) is 7.41. The second-order valence-corrected chi connectivity index (χ2v) is 4.12. The lowest BCUT2D eigenvalue weighted by Gasteiger charge is -2.18. The van der Waals surface area contributed by atoms with Gasteiger partial charge in [-0.3, -0.25) is 0 Å². The van der Waals surface area contributed by atoms with Gasteiger partial charge in [-0.25, -0.2) is 14.2 Å². The molecule has 2 N–H and O–H groups in total. The van der Waals surface area contributed by atoms with Gasteiger partial charge in [0.15, 0.2) is 11.6 Å². The monoisotopic (exact) mass is 246 g/mol. The van der Waals surface area contributed by atoms with Crippen molar-refractivity contribution in [2.75, 3.05) is 5.32 Å². The molecule has 0 fully saturated rings. The summed E-state index contributed by atoms with van der Waals surface area (Å²) < 4.78 is 13.3. The number of hydrogen-bond acceptors (Lipinski definition) is 3. The van der Waals surface area contributed by atoms with E-state index in [9.17, 15) is 9.18 Å². The Kier molecular flexibility index (Phi) is 4.06. The van der Waals surface area contributed by atoms with E-state index in [1.807, 2.05) is 0 Å². The van der Waals surface area contributed by atoms with Crippen molar-refractivity contribution in [3.63, 3.8) is 0 Å². The van der Waals surface area contributed by atoms with Gasteiger partial charge < -0.3 is 10.4 Å². The van der Waals surface area contributed by atoms with Crippen molar-refractivity contribution >= 4 is 23.4 Å². The van der Waals surface area contributed by atoms with Crippen molar-refractivity contribution in [3.8, 4) is 0 Å². The first-order valence-electron chi connectivity index (χ1n) is 4.72. The summed E-state index contributed by atoms with van der Waals surface area (Å²) in [6.07, 6.45) is 1.26. The van der Waals surface area contributed by atoms with Crippen LogP contribution in [0.4, 0.5) is 10.2 Å². The summed E-state index contributed by atoms with van der Waals surface area (Å²) in [6, 6.07) is 0.194. The van der Waals surface area contributed by atoms with Gasteiger partial charge >= 0.3 is 5.97 Å². The topological polar surface area (TPSA) is 62.2 Å². The summed E-state index contributed by atoms with van der Waals surface area (Å²) in [5, 5.41) is 11.6. The van der Waals surface area contributed by atoms with Gasteiger partial charge in [-0.2, -0.15) is 0 Å². The van der Waals surface area contributed by atoms with Crippen molar-refractivity contribution in [1.29, 1.82) is 0 Å². The van der Waals surface area contributed by atoms with Gasteiger partial charge in [-0.1, -0.05) is 25.4 Å². The lowest BCUT2D eigenvalue weighted by molar-refractivity contribution is -0.138. The Balaban J connectivity index is 2.90. The molecule has 4 nitrogen and oxygen atoms in total. The van der Waals surface area contributed by atoms with E-state index in [1.165, 1.54) is 6.20 Å². The van der Waals surface area contributed by atoms with Gasteiger partial charge in [0.1, 0.15) is 6.04 Å². The molecule has 0 amide bonds. The predicted molar refractivity (Wildman–Crippen MR) is 59.1 cm³/mol. The van der Waals surface area contributed by atoms with Crippen LogP contribution in [-0.2, 0) is 4.79 Å². The Morgan fingerprint density at radius 2 is 2.25 bits per heavy atom. The van der Waals surface area contributed by atoms with Crippen molar-refractivity contribution in [2.24, 2.45) is 5.92 Å². The fourth-order valence-corrected chi connectivity index (χ4v) is 1.33. The molecule has 0 spiro atoms. The SMILES string of the molecule is CC(C)[C@H](Nc1ncc(Cl)cc1F)C(=O)O. The van der Waals surface area contributed by atoms with Gasteiger partial charge in [-0.05, 0) is 12.0 Å². The highest BCUT2D eigenvalue weighted by molar-refractivity contribution is 6.30. The highest BCUT2D eigenvalue weighted by Crippen LogP contribution is 2.18. The van der Waals surface area contributed by atoms with E-state index < -0.39 is 17.8 Å². The zero-order valence-corrected chi connectivity index (χ0v) is 9.62. The number of aromatic nitrogens is 1. The summed E-state index contributed by atoms with van der Waals surface area (Å²) in [5.74, 6) is -2.01. The Labute approximate surface area is 97.5 Å². The number of carboxylic acids is 1. The zero-order valence-electron chi connectivity index (χ0n) is 8.87. The average molecular weight is 247 g/mol. The molecule has 1 heterocycles. The van der Waals surface area contributed by atoms with Crippen LogP contribution in [0.15, 0.2) is 12.3 Å². The van der Waals surface area contributed by atoms with E-state index in [2.05, 4.69) is 10.3 Å². The lowest BCUT2D eigenvalue weighted by atomic mass is 10.1. The summed E-state index contributed by atoms with van der Waals surface area (Å²) in [7, 11) is 0. The van der Waals surface area contributed by atoms with Crippen LogP contribution in [0.2, 0.25) is 5.02 Å². The molecule has 1 aromatic heterocycles. The molecule has 0 radical (unpaired) electrons. The molecule has 1 aromatic rings. The molecule has 1 atom stereocenters. The second kappa shape index (κ2) is 5.12. The fraction of sp³-hybridized carbons (Fsp3) is 0.400. The molecule has 0 aliphatic rings. The summed E-state index contributed by atoms with van der Waals surface area (Å²) in [4.78, 5) is 14.6. The molecular formula is C10H12ClFN2O2. The van der Waals surface area contributed by atoms with Gasteiger partial charge in [-0.15, -0.1) is 0 Å². The third-order valence-corrected chi connectivity index (χ3v) is 2.24. The molecule has 6 heteroatoms. The number of rotatable bonds is 4. The maximum absolute atomic E-state index is 13.3. The van der Waals surface area contributed by atoms with Crippen molar-refractivity contribution in [2.45, 2.75) is 19.9 Å². The molecule has 0 aliphatic carbocycles. The first-order valence-corrected chi connectivity index (χ1v) is 5.10. The average Bonchev–Trinajstić information content (AvgIpc) is 2.15. The Morgan fingerprint density at radius 3 is 2.69 bits per heavy atom. The quantitative estimate of drug-likeness (QED) is 0.856. The molecule has 16 heavy (non-hydrogen) atoms. The molecule has 0 aliphatic heterocycles. The van der Waals surface area contributed by atoms with Crippen LogP contribution in [0.1, 0.15) is 13.8 Å². The van der Waals surface area contributed by atoms with E-state index in [0.29, 0.717) is 0 Å². The predicted octanol–water partition coefficient (Wildman–Crippen LogP) is 2.40. The highest BCUT2D eigenvalue weighted by atomic mass is 35.5. The van der Waals surface area contributed by atoms with E-state index >= 15 is 0 Å². The number of pyridine rings is 1. The van der Waals surface area contributed by atoms with Crippen molar-refractivity contribution in [3.05, 3.63) is 23.1 Å². The third-order valence-electron chi connectivity index (χ3n) is 2.03. The molecule has 88 valence electrons. The number of anilines is 1. The van der Waals surface area contributed by atoms with E-state index in [-0.39, 0.29) is 16.8 Å². The van der Waals surface area contributed by atoms with Crippen molar-refractivity contribution in [1.82, 2.24) is 4.98 Å². The number of hydrogen-bond donors (Lipinski definition) is 2. The standard InChI is InChI=1S/C10H12ClFN2O2/c1-5(2)8(10(15)16)14-9-7(12)3-6(11)4-13-9/h3-5,8H,1-2H3,(H,13,14)(H,15,16)/t8-/m0/s1. The number of nitrogens with one attached hydrogen (secondary N) is 1. The number of carboxylic acid groups (broad SMARTS) is 1. The first kappa shape index (κ1) is 12.7. The smallest absolute Gasteiger partial charge is 0.326 e. The number of nitrogens with zero attached hydrogens (tertiary/aromatic N) is 1. The largest absolute Gasteiger partial charge is 0.480 e. The summed E-state index contributed by atoms with van der Waals surface area (Å²) in [5.41, 5.74) is 0.